The van der Waals surface area contributed by atoms with Crippen molar-refractivity contribution in [2.45, 2.75) is 25.7 Å². The summed E-state index contributed by atoms with van der Waals surface area (Å²) in [6.07, 6.45) is 0.818. The Labute approximate surface area is 121 Å². The molecule has 0 fully saturated rings. The van der Waals surface area contributed by atoms with Crippen molar-refractivity contribution in [3.05, 3.63) is 35.3 Å². The number of hydrogen-bond donors (Lipinski definition) is 0. The summed E-state index contributed by atoms with van der Waals surface area (Å²) in [6, 6.07) is 2.52. The number of ketones is 1. The van der Waals surface area contributed by atoms with Crippen molar-refractivity contribution in [3.63, 3.8) is 0 Å². The Kier molecular flexibility index (Phi) is 3.55. The van der Waals surface area contributed by atoms with E-state index < -0.39 is 18.2 Å². The van der Waals surface area contributed by atoms with Gasteiger partial charge in [0.2, 0.25) is 6.29 Å². The molecule has 0 spiro atoms. The van der Waals surface area contributed by atoms with Crippen LogP contribution in [0.15, 0.2) is 24.0 Å². The summed E-state index contributed by atoms with van der Waals surface area (Å²) in [7, 11) is 1.34. The molecule has 1 aromatic rings. The lowest BCUT2D eigenvalue weighted by Gasteiger charge is -2.33. The van der Waals surface area contributed by atoms with Gasteiger partial charge in [-0.15, -0.1) is 0 Å². The predicted molar refractivity (Wildman–Crippen MR) is 70.9 cm³/mol. The summed E-state index contributed by atoms with van der Waals surface area (Å²) in [5.41, 5.74) is 0.682. The van der Waals surface area contributed by atoms with E-state index in [1.807, 2.05) is 6.92 Å². The number of carbonyl (C=O) groups excluding carboxylic acids is 1. The van der Waals surface area contributed by atoms with Gasteiger partial charge >= 0.3 is 0 Å². The van der Waals surface area contributed by atoms with E-state index in [9.17, 15) is 9.18 Å². The van der Waals surface area contributed by atoms with Crippen molar-refractivity contribution in [2.75, 3.05) is 13.7 Å². The molecule has 2 atom stereocenters. The van der Waals surface area contributed by atoms with Gasteiger partial charge < -0.3 is 18.9 Å². The van der Waals surface area contributed by atoms with Gasteiger partial charge in [-0.1, -0.05) is 0 Å². The molecule has 1 aromatic carbocycles. The van der Waals surface area contributed by atoms with Gasteiger partial charge in [0.05, 0.1) is 30.9 Å². The summed E-state index contributed by atoms with van der Waals surface area (Å²) < 4.78 is 35.1. The molecule has 6 heteroatoms. The Morgan fingerprint density at radius 1 is 1.43 bits per heavy atom. The summed E-state index contributed by atoms with van der Waals surface area (Å²) in [5, 5.41) is 0. The number of halogens is 1. The molecule has 21 heavy (non-hydrogen) atoms. The topological polar surface area (TPSA) is 54.0 Å². The monoisotopic (exact) mass is 294 g/mol. The maximum absolute atomic E-state index is 13.7. The SMILES string of the molecule is CCOC1CC2Oc3cc(F)c(OC)cc3C(=O)C2=CO1. The molecule has 0 saturated heterocycles. The first-order valence-electron chi connectivity index (χ1n) is 6.70. The van der Waals surface area contributed by atoms with Crippen LogP contribution in [0.2, 0.25) is 0 Å². The summed E-state index contributed by atoms with van der Waals surface area (Å²) in [6.45, 7) is 2.35. The third-order valence-corrected chi connectivity index (χ3v) is 3.48. The van der Waals surface area contributed by atoms with E-state index in [1.165, 1.54) is 25.5 Å². The highest BCUT2D eigenvalue weighted by atomic mass is 19.1. The summed E-state index contributed by atoms with van der Waals surface area (Å²) in [5.74, 6) is -0.578. The number of carbonyl (C=O) groups is 1. The molecule has 0 aliphatic carbocycles. The van der Waals surface area contributed by atoms with Crippen LogP contribution in [0, 0.1) is 5.82 Å². The van der Waals surface area contributed by atoms with Crippen LogP contribution in [0.25, 0.3) is 0 Å². The summed E-state index contributed by atoms with van der Waals surface area (Å²) >= 11 is 0. The number of hydrogen-bond acceptors (Lipinski definition) is 5. The molecule has 2 aliphatic rings. The molecular formula is C15H15FO5. The fourth-order valence-electron chi connectivity index (χ4n) is 2.46. The Morgan fingerprint density at radius 2 is 2.24 bits per heavy atom. The maximum Gasteiger partial charge on any atom is 0.202 e. The molecule has 5 nitrogen and oxygen atoms in total. The van der Waals surface area contributed by atoms with Gasteiger partial charge in [-0.05, 0) is 13.0 Å². The minimum absolute atomic E-state index is 0.00803. The predicted octanol–water partition coefficient (Wildman–Crippen LogP) is 2.44. The number of rotatable bonds is 3. The third kappa shape index (κ3) is 2.35. The van der Waals surface area contributed by atoms with E-state index >= 15 is 0 Å². The van der Waals surface area contributed by atoms with E-state index in [1.54, 1.807) is 0 Å². The van der Waals surface area contributed by atoms with Gasteiger partial charge in [-0.25, -0.2) is 4.39 Å². The highest BCUT2D eigenvalue weighted by Gasteiger charge is 2.38. The zero-order valence-corrected chi connectivity index (χ0v) is 11.7. The Balaban J connectivity index is 1.95. The number of methoxy groups -OCH3 is 1. The van der Waals surface area contributed by atoms with Crippen LogP contribution in [0.5, 0.6) is 11.5 Å². The number of benzene rings is 1. The molecule has 0 N–H and O–H groups in total. The molecule has 0 saturated carbocycles. The van der Waals surface area contributed by atoms with Crippen LogP contribution in [-0.4, -0.2) is 31.9 Å². The minimum atomic E-state index is -0.565. The number of ether oxygens (including phenoxy) is 4. The van der Waals surface area contributed by atoms with Gasteiger partial charge in [0.15, 0.2) is 17.3 Å². The molecule has 0 aromatic heterocycles. The first-order valence-corrected chi connectivity index (χ1v) is 6.70. The normalized spacial score (nSPS) is 23.4. The zero-order chi connectivity index (χ0) is 15.0. The Hall–Kier alpha value is -2.08. The lowest BCUT2D eigenvalue weighted by molar-refractivity contribution is -0.127. The zero-order valence-electron chi connectivity index (χ0n) is 11.7. The highest BCUT2D eigenvalue weighted by Crippen LogP contribution is 2.38. The standard InChI is InChI=1S/C15H15FO5/c1-3-19-14-6-12-9(7-20-14)15(17)8-4-13(18-2)10(16)5-11(8)21-12/h4-5,7,12,14H,3,6H2,1-2H3. The van der Waals surface area contributed by atoms with E-state index in [-0.39, 0.29) is 22.8 Å². The van der Waals surface area contributed by atoms with Crippen LogP contribution in [0.4, 0.5) is 4.39 Å². The Morgan fingerprint density at radius 3 is 2.95 bits per heavy atom. The average Bonchev–Trinajstić information content (AvgIpc) is 2.47. The van der Waals surface area contributed by atoms with Crippen LogP contribution >= 0.6 is 0 Å². The molecule has 0 bridgehead atoms. The largest absolute Gasteiger partial charge is 0.494 e. The minimum Gasteiger partial charge on any atom is -0.494 e. The molecule has 2 unspecified atom stereocenters. The van der Waals surface area contributed by atoms with Crippen molar-refractivity contribution in [1.29, 1.82) is 0 Å². The van der Waals surface area contributed by atoms with E-state index in [0.717, 1.165) is 0 Å². The van der Waals surface area contributed by atoms with Crippen LogP contribution in [0.3, 0.4) is 0 Å². The van der Waals surface area contributed by atoms with Gasteiger partial charge in [0.1, 0.15) is 11.9 Å². The summed E-state index contributed by atoms with van der Waals surface area (Å²) in [4.78, 5) is 12.4. The molecule has 0 amide bonds. The van der Waals surface area contributed by atoms with Crippen molar-refractivity contribution >= 4 is 5.78 Å². The van der Waals surface area contributed by atoms with E-state index in [2.05, 4.69) is 0 Å². The fourth-order valence-corrected chi connectivity index (χ4v) is 2.46. The van der Waals surface area contributed by atoms with Crippen LogP contribution in [0.1, 0.15) is 23.7 Å². The van der Waals surface area contributed by atoms with Crippen LogP contribution in [-0.2, 0) is 9.47 Å². The number of fused-ring (bicyclic) bond motifs is 2. The lowest BCUT2D eigenvalue weighted by Crippen LogP contribution is -2.38. The molecular weight excluding hydrogens is 279 g/mol. The van der Waals surface area contributed by atoms with Gasteiger partial charge in [0.25, 0.3) is 0 Å². The van der Waals surface area contributed by atoms with Crippen molar-refractivity contribution < 1.29 is 28.1 Å². The second-order valence-electron chi connectivity index (χ2n) is 4.75. The van der Waals surface area contributed by atoms with Gasteiger partial charge in [-0.3, -0.25) is 4.79 Å². The highest BCUT2D eigenvalue weighted by molar-refractivity contribution is 6.12. The van der Waals surface area contributed by atoms with E-state index in [4.69, 9.17) is 18.9 Å². The van der Waals surface area contributed by atoms with Crippen molar-refractivity contribution in [3.8, 4) is 11.5 Å². The van der Waals surface area contributed by atoms with Gasteiger partial charge in [-0.2, -0.15) is 0 Å². The fraction of sp³-hybridized carbons (Fsp3) is 0.400. The molecule has 112 valence electrons. The van der Waals surface area contributed by atoms with E-state index in [0.29, 0.717) is 18.6 Å². The molecule has 2 aliphatic heterocycles. The van der Waals surface area contributed by atoms with Gasteiger partial charge in [0, 0.05) is 12.7 Å². The van der Waals surface area contributed by atoms with Crippen molar-refractivity contribution in [2.24, 2.45) is 0 Å². The molecule has 0 radical (unpaired) electrons. The molecule has 2 heterocycles. The lowest BCUT2D eigenvalue weighted by atomic mass is 9.93. The first kappa shape index (κ1) is 13.9. The third-order valence-electron chi connectivity index (χ3n) is 3.48. The Bertz CT molecular complexity index is 610. The smallest absolute Gasteiger partial charge is 0.202 e. The maximum atomic E-state index is 13.7. The quantitative estimate of drug-likeness (QED) is 0.857. The average molecular weight is 294 g/mol. The number of Topliss-reactive ketones (excluding diaryl/α,β-unsaturated/α-hetero) is 1. The van der Waals surface area contributed by atoms with Crippen molar-refractivity contribution in [1.82, 2.24) is 0 Å². The first-order chi connectivity index (χ1) is 10.1. The van der Waals surface area contributed by atoms with Crippen LogP contribution < -0.4 is 9.47 Å². The second kappa shape index (κ2) is 5.37. The molecule has 3 rings (SSSR count). The second-order valence-corrected chi connectivity index (χ2v) is 4.75.